The lowest BCUT2D eigenvalue weighted by atomic mass is 10.2. The number of ether oxygens (including phenoxy) is 3. The molecular formula is C20H24N2O5. The van der Waals surface area contributed by atoms with E-state index in [0.29, 0.717) is 28.6 Å². The normalized spacial score (nSPS) is 10.1. The average Bonchev–Trinajstić information content (AvgIpc) is 2.68. The van der Waals surface area contributed by atoms with E-state index in [1.165, 1.54) is 14.0 Å². The number of nitrogens with one attached hydrogen (secondary N) is 1. The summed E-state index contributed by atoms with van der Waals surface area (Å²) in [5.41, 5.74) is 1.25. The van der Waals surface area contributed by atoms with Crippen molar-refractivity contribution in [3.63, 3.8) is 0 Å². The molecule has 0 unspecified atom stereocenters. The van der Waals surface area contributed by atoms with E-state index < -0.39 is 0 Å². The number of rotatable bonds is 8. The van der Waals surface area contributed by atoms with Crippen LogP contribution in [-0.4, -0.2) is 39.7 Å². The van der Waals surface area contributed by atoms with Gasteiger partial charge in [0, 0.05) is 31.6 Å². The Hall–Kier alpha value is -3.22. The van der Waals surface area contributed by atoms with E-state index >= 15 is 0 Å². The molecule has 0 aliphatic carbocycles. The Morgan fingerprint density at radius 1 is 0.926 bits per heavy atom. The minimum atomic E-state index is -0.224. The monoisotopic (exact) mass is 372 g/mol. The lowest BCUT2D eigenvalue weighted by Crippen LogP contribution is -2.31. The van der Waals surface area contributed by atoms with Gasteiger partial charge in [0.2, 0.25) is 11.8 Å². The fourth-order valence-electron chi connectivity index (χ4n) is 2.56. The third-order valence-corrected chi connectivity index (χ3v) is 4.01. The maximum atomic E-state index is 12.3. The molecule has 0 fully saturated rings. The number of nitrogens with zero attached hydrogens (tertiary/aromatic N) is 1. The third kappa shape index (κ3) is 5.37. The molecule has 7 heteroatoms. The zero-order chi connectivity index (χ0) is 19.8. The Labute approximate surface area is 158 Å². The Bertz CT molecular complexity index is 789. The standard InChI is InChI=1S/C20H24N2O5/c1-14(23)22(15-5-7-16(25-2)8-6-15)12-11-20(24)21-18-10-9-17(26-3)13-19(18)27-4/h5-10,13H,11-12H2,1-4H3,(H,21,24). The molecule has 2 rings (SSSR count). The predicted molar refractivity (Wildman–Crippen MR) is 104 cm³/mol. The Morgan fingerprint density at radius 2 is 1.56 bits per heavy atom. The van der Waals surface area contributed by atoms with Crippen LogP contribution in [0, 0.1) is 0 Å². The fraction of sp³-hybridized carbons (Fsp3) is 0.300. The van der Waals surface area contributed by atoms with Gasteiger partial charge in [-0.2, -0.15) is 0 Å². The second-order valence-corrected chi connectivity index (χ2v) is 5.73. The molecule has 0 bridgehead atoms. The summed E-state index contributed by atoms with van der Waals surface area (Å²) in [5, 5.41) is 2.80. The third-order valence-electron chi connectivity index (χ3n) is 4.01. The topological polar surface area (TPSA) is 77.1 Å². The van der Waals surface area contributed by atoms with Crippen molar-refractivity contribution in [1.29, 1.82) is 0 Å². The van der Waals surface area contributed by atoms with Crippen LogP contribution in [0.5, 0.6) is 17.2 Å². The molecule has 0 aliphatic rings. The molecule has 2 aromatic carbocycles. The Kier molecular flexibility index (Phi) is 7.05. The maximum Gasteiger partial charge on any atom is 0.226 e. The van der Waals surface area contributed by atoms with Gasteiger partial charge in [-0.25, -0.2) is 0 Å². The van der Waals surface area contributed by atoms with Crippen LogP contribution in [0.4, 0.5) is 11.4 Å². The quantitative estimate of drug-likeness (QED) is 0.770. The highest BCUT2D eigenvalue weighted by molar-refractivity contribution is 5.95. The summed E-state index contributed by atoms with van der Waals surface area (Å²) in [6.45, 7) is 1.72. The molecule has 2 aromatic rings. The number of amides is 2. The van der Waals surface area contributed by atoms with Crippen LogP contribution in [0.15, 0.2) is 42.5 Å². The van der Waals surface area contributed by atoms with Crippen molar-refractivity contribution < 1.29 is 23.8 Å². The Balaban J connectivity index is 2.02. The highest BCUT2D eigenvalue weighted by atomic mass is 16.5. The first-order chi connectivity index (χ1) is 13.0. The van der Waals surface area contributed by atoms with Crippen molar-refractivity contribution in [3.8, 4) is 17.2 Å². The largest absolute Gasteiger partial charge is 0.497 e. The van der Waals surface area contributed by atoms with Crippen molar-refractivity contribution in [1.82, 2.24) is 0 Å². The van der Waals surface area contributed by atoms with Crippen LogP contribution in [0.25, 0.3) is 0 Å². The second-order valence-electron chi connectivity index (χ2n) is 5.73. The van der Waals surface area contributed by atoms with Crippen LogP contribution < -0.4 is 24.4 Å². The van der Waals surface area contributed by atoms with Gasteiger partial charge in [0.25, 0.3) is 0 Å². The molecule has 2 amide bonds. The van der Waals surface area contributed by atoms with Crippen LogP contribution in [-0.2, 0) is 9.59 Å². The highest BCUT2D eigenvalue weighted by Gasteiger charge is 2.15. The summed E-state index contributed by atoms with van der Waals surface area (Å²) in [7, 11) is 4.66. The molecule has 7 nitrogen and oxygen atoms in total. The predicted octanol–water partition coefficient (Wildman–Crippen LogP) is 3.09. The van der Waals surface area contributed by atoms with E-state index in [-0.39, 0.29) is 24.8 Å². The van der Waals surface area contributed by atoms with Gasteiger partial charge in [0.15, 0.2) is 0 Å². The number of carbonyl (C=O) groups excluding carboxylic acids is 2. The summed E-state index contributed by atoms with van der Waals surface area (Å²) in [6, 6.07) is 12.2. The van der Waals surface area contributed by atoms with Crippen LogP contribution in [0.3, 0.4) is 0 Å². The number of hydrogen-bond donors (Lipinski definition) is 1. The number of benzene rings is 2. The Morgan fingerprint density at radius 3 is 2.11 bits per heavy atom. The molecule has 0 aromatic heterocycles. The van der Waals surface area contributed by atoms with Gasteiger partial charge in [0.1, 0.15) is 17.2 Å². The summed E-state index contributed by atoms with van der Waals surface area (Å²) >= 11 is 0. The molecule has 0 aliphatic heterocycles. The zero-order valence-electron chi connectivity index (χ0n) is 15.9. The molecule has 0 saturated carbocycles. The SMILES string of the molecule is COc1ccc(N(CCC(=O)Nc2ccc(OC)cc2OC)C(C)=O)cc1. The van der Waals surface area contributed by atoms with Gasteiger partial charge in [-0.15, -0.1) is 0 Å². The molecular weight excluding hydrogens is 348 g/mol. The van der Waals surface area contributed by atoms with Gasteiger partial charge in [-0.05, 0) is 36.4 Å². The fourth-order valence-corrected chi connectivity index (χ4v) is 2.56. The average molecular weight is 372 g/mol. The first-order valence-electron chi connectivity index (χ1n) is 8.42. The number of carbonyl (C=O) groups is 2. The summed E-state index contributed by atoms with van der Waals surface area (Å²) in [5.74, 6) is 1.47. The highest BCUT2D eigenvalue weighted by Crippen LogP contribution is 2.29. The molecule has 0 saturated heterocycles. The molecule has 0 spiro atoms. The smallest absolute Gasteiger partial charge is 0.226 e. The molecule has 27 heavy (non-hydrogen) atoms. The summed E-state index contributed by atoms with van der Waals surface area (Å²) < 4.78 is 15.5. The molecule has 0 heterocycles. The van der Waals surface area contributed by atoms with E-state index in [9.17, 15) is 9.59 Å². The van der Waals surface area contributed by atoms with Crippen LogP contribution >= 0.6 is 0 Å². The number of methoxy groups -OCH3 is 3. The van der Waals surface area contributed by atoms with Gasteiger partial charge in [-0.1, -0.05) is 0 Å². The summed E-state index contributed by atoms with van der Waals surface area (Å²) in [6.07, 6.45) is 0.140. The van der Waals surface area contributed by atoms with Gasteiger partial charge in [-0.3, -0.25) is 9.59 Å². The first kappa shape index (κ1) is 20.1. The molecule has 144 valence electrons. The number of anilines is 2. The zero-order valence-corrected chi connectivity index (χ0v) is 15.9. The lowest BCUT2D eigenvalue weighted by molar-refractivity contribution is -0.117. The minimum absolute atomic E-state index is 0.140. The van der Waals surface area contributed by atoms with E-state index in [1.54, 1.807) is 61.6 Å². The van der Waals surface area contributed by atoms with Crippen molar-refractivity contribution in [2.75, 3.05) is 38.1 Å². The molecule has 0 radical (unpaired) electrons. The van der Waals surface area contributed by atoms with E-state index in [4.69, 9.17) is 14.2 Å². The minimum Gasteiger partial charge on any atom is -0.497 e. The van der Waals surface area contributed by atoms with Gasteiger partial charge in [0.05, 0.1) is 27.0 Å². The van der Waals surface area contributed by atoms with Crippen LogP contribution in [0.1, 0.15) is 13.3 Å². The van der Waals surface area contributed by atoms with Crippen molar-refractivity contribution in [3.05, 3.63) is 42.5 Å². The van der Waals surface area contributed by atoms with E-state index in [0.717, 1.165) is 0 Å². The molecule has 0 atom stereocenters. The van der Waals surface area contributed by atoms with Crippen molar-refractivity contribution in [2.24, 2.45) is 0 Å². The maximum absolute atomic E-state index is 12.3. The second kappa shape index (κ2) is 9.47. The van der Waals surface area contributed by atoms with E-state index in [1.807, 2.05) is 0 Å². The number of hydrogen-bond acceptors (Lipinski definition) is 5. The first-order valence-corrected chi connectivity index (χ1v) is 8.42. The van der Waals surface area contributed by atoms with E-state index in [2.05, 4.69) is 5.32 Å². The van der Waals surface area contributed by atoms with Gasteiger partial charge < -0.3 is 24.4 Å². The molecule has 1 N–H and O–H groups in total. The van der Waals surface area contributed by atoms with Crippen molar-refractivity contribution >= 4 is 23.2 Å². The summed E-state index contributed by atoms with van der Waals surface area (Å²) in [4.78, 5) is 25.9. The lowest BCUT2D eigenvalue weighted by Gasteiger charge is -2.21. The van der Waals surface area contributed by atoms with Crippen LogP contribution in [0.2, 0.25) is 0 Å². The van der Waals surface area contributed by atoms with Gasteiger partial charge >= 0.3 is 0 Å². The van der Waals surface area contributed by atoms with Crippen molar-refractivity contribution in [2.45, 2.75) is 13.3 Å².